The van der Waals surface area contributed by atoms with Crippen LogP contribution in [0.2, 0.25) is 0 Å². The maximum atomic E-state index is 12.0. The molecule has 0 aromatic rings. The fourth-order valence-electron chi connectivity index (χ4n) is 3.03. The number of nitrogens with one attached hydrogen (secondary N) is 1. The molecule has 1 atom stereocenters. The van der Waals surface area contributed by atoms with Crippen LogP contribution in [0.5, 0.6) is 0 Å². The van der Waals surface area contributed by atoms with E-state index in [1.165, 1.54) is 0 Å². The Hall–Kier alpha value is -2.12. The first kappa shape index (κ1) is 17.2. The van der Waals surface area contributed by atoms with Crippen LogP contribution in [0.4, 0.5) is 4.79 Å². The zero-order chi connectivity index (χ0) is 16.8. The predicted molar refractivity (Wildman–Crippen MR) is 78.2 cm³/mol. The lowest BCUT2D eigenvalue weighted by Gasteiger charge is -2.23. The molecule has 8 heteroatoms. The Bertz CT molecular complexity index is 486. The summed E-state index contributed by atoms with van der Waals surface area (Å²) in [5.41, 5.74) is 0. The molecule has 3 amide bonds. The van der Waals surface area contributed by atoms with Crippen LogP contribution in [-0.4, -0.2) is 54.6 Å². The van der Waals surface area contributed by atoms with Crippen molar-refractivity contribution in [2.45, 2.75) is 45.1 Å². The summed E-state index contributed by atoms with van der Waals surface area (Å²) in [6, 6.07) is 0.229. The Morgan fingerprint density at radius 1 is 1.22 bits per heavy atom. The fraction of sp³-hybridized carbons (Fsp3) is 0.733. The molecule has 0 radical (unpaired) electrons. The van der Waals surface area contributed by atoms with Gasteiger partial charge >= 0.3 is 12.1 Å². The molecule has 1 aliphatic carbocycles. The molecular formula is C15H22N2O6. The second kappa shape index (κ2) is 7.94. The molecule has 2 fully saturated rings. The lowest BCUT2D eigenvalue weighted by Crippen LogP contribution is -2.36. The van der Waals surface area contributed by atoms with Gasteiger partial charge in [-0.3, -0.25) is 19.7 Å². The highest BCUT2D eigenvalue weighted by Gasteiger charge is 2.39. The van der Waals surface area contributed by atoms with E-state index in [2.05, 4.69) is 4.74 Å². The fourth-order valence-corrected chi connectivity index (χ4v) is 3.03. The van der Waals surface area contributed by atoms with E-state index < -0.39 is 30.5 Å². The van der Waals surface area contributed by atoms with E-state index in [1.807, 2.05) is 5.32 Å². The number of likely N-dealkylation sites (tertiary alicyclic amines) is 1. The standard InChI is InChI=1S/C15H22N2O6/c1-2-22-15(21)16-12(18)9-23-14(20)10-7-13(19)17(8-10)11-5-3-4-6-11/h10-11H,2-9H2,1H3,(H,16,18,21)/t10-/m0/s1. The molecule has 0 aromatic heterocycles. The van der Waals surface area contributed by atoms with Crippen LogP contribution in [0.3, 0.4) is 0 Å². The molecule has 0 spiro atoms. The molecular weight excluding hydrogens is 304 g/mol. The first-order valence-electron chi connectivity index (χ1n) is 7.94. The lowest BCUT2D eigenvalue weighted by molar-refractivity contribution is -0.152. The van der Waals surface area contributed by atoms with Crippen LogP contribution in [0, 0.1) is 5.92 Å². The minimum atomic E-state index is -0.878. The summed E-state index contributed by atoms with van der Waals surface area (Å²) in [5.74, 6) is -1.92. The topological polar surface area (TPSA) is 102 Å². The number of esters is 1. The van der Waals surface area contributed by atoms with E-state index in [-0.39, 0.29) is 25.0 Å². The minimum absolute atomic E-state index is 0.0326. The summed E-state index contributed by atoms with van der Waals surface area (Å²) in [6.07, 6.45) is 3.42. The minimum Gasteiger partial charge on any atom is -0.455 e. The zero-order valence-corrected chi connectivity index (χ0v) is 13.2. The van der Waals surface area contributed by atoms with Gasteiger partial charge in [-0.15, -0.1) is 0 Å². The Balaban J connectivity index is 1.74. The smallest absolute Gasteiger partial charge is 0.413 e. The van der Waals surface area contributed by atoms with Crippen molar-refractivity contribution in [1.29, 1.82) is 0 Å². The molecule has 0 unspecified atom stereocenters. The molecule has 128 valence electrons. The molecule has 0 aromatic carbocycles. The molecule has 1 saturated heterocycles. The molecule has 23 heavy (non-hydrogen) atoms. The first-order valence-corrected chi connectivity index (χ1v) is 7.94. The highest BCUT2D eigenvalue weighted by atomic mass is 16.6. The van der Waals surface area contributed by atoms with Gasteiger partial charge < -0.3 is 14.4 Å². The van der Waals surface area contributed by atoms with Gasteiger partial charge in [0.2, 0.25) is 5.91 Å². The van der Waals surface area contributed by atoms with Crippen molar-refractivity contribution in [1.82, 2.24) is 10.2 Å². The van der Waals surface area contributed by atoms with Crippen LogP contribution in [-0.2, 0) is 23.9 Å². The highest BCUT2D eigenvalue weighted by Crippen LogP contribution is 2.29. The average molecular weight is 326 g/mol. The van der Waals surface area contributed by atoms with Crippen LogP contribution in [0.1, 0.15) is 39.0 Å². The van der Waals surface area contributed by atoms with E-state index in [0.717, 1.165) is 25.7 Å². The van der Waals surface area contributed by atoms with Crippen LogP contribution < -0.4 is 5.32 Å². The third kappa shape index (κ3) is 4.67. The third-order valence-electron chi connectivity index (χ3n) is 4.12. The van der Waals surface area contributed by atoms with Crippen LogP contribution in [0.25, 0.3) is 0 Å². The maximum Gasteiger partial charge on any atom is 0.413 e. The van der Waals surface area contributed by atoms with Crippen molar-refractivity contribution in [3.05, 3.63) is 0 Å². The molecule has 2 rings (SSSR count). The summed E-state index contributed by atoms with van der Waals surface area (Å²) in [5, 5.41) is 1.93. The lowest BCUT2D eigenvalue weighted by atomic mass is 10.1. The number of nitrogens with zero attached hydrogens (tertiary/aromatic N) is 1. The van der Waals surface area contributed by atoms with E-state index in [9.17, 15) is 19.2 Å². The van der Waals surface area contributed by atoms with Gasteiger partial charge in [0.05, 0.1) is 12.5 Å². The van der Waals surface area contributed by atoms with Gasteiger partial charge in [0.25, 0.3) is 5.91 Å². The Labute approximate surface area is 134 Å². The number of ether oxygens (including phenoxy) is 2. The van der Waals surface area contributed by atoms with Gasteiger partial charge in [0, 0.05) is 19.0 Å². The summed E-state index contributed by atoms with van der Waals surface area (Å²) < 4.78 is 9.43. The van der Waals surface area contributed by atoms with Gasteiger partial charge in [-0.05, 0) is 19.8 Å². The first-order chi connectivity index (χ1) is 11.0. The summed E-state index contributed by atoms with van der Waals surface area (Å²) >= 11 is 0. The van der Waals surface area contributed by atoms with Gasteiger partial charge in [0.1, 0.15) is 0 Å². The highest BCUT2D eigenvalue weighted by molar-refractivity contribution is 5.94. The van der Waals surface area contributed by atoms with Crippen molar-refractivity contribution >= 4 is 23.9 Å². The molecule has 1 saturated carbocycles. The summed E-state index contributed by atoms with van der Waals surface area (Å²) in [6.45, 7) is 1.53. The van der Waals surface area contributed by atoms with Crippen LogP contribution in [0.15, 0.2) is 0 Å². The number of hydrogen-bond acceptors (Lipinski definition) is 6. The largest absolute Gasteiger partial charge is 0.455 e. The summed E-state index contributed by atoms with van der Waals surface area (Å²) in [4.78, 5) is 48.2. The number of alkyl carbamates (subject to hydrolysis) is 1. The molecule has 1 N–H and O–H groups in total. The van der Waals surface area contributed by atoms with E-state index in [0.29, 0.717) is 6.54 Å². The number of carbonyl (C=O) groups is 4. The zero-order valence-electron chi connectivity index (χ0n) is 13.2. The third-order valence-corrected chi connectivity index (χ3v) is 4.12. The monoisotopic (exact) mass is 326 g/mol. The molecule has 0 bridgehead atoms. The van der Waals surface area contributed by atoms with Gasteiger partial charge in [-0.1, -0.05) is 12.8 Å². The van der Waals surface area contributed by atoms with Gasteiger partial charge in [0.15, 0.2) is 6.61 Å². The number of imide groups is 1. The number of carbonyl (C=O) groups excluding carboxylic acids is 4. The van der Waals surface area contributed by atoms with Crippen molar-refractivity contribution in [3.63, 3.8) is 0 Å². The van der Waals surface area contributed by atoms with Crippen molar-refractivity contribution in [3.8, 4) is 0 Å². The Kier molecular flexibility index (Phi) is 5.95. The van der Waals surface area contributed by atoms with Crippen molar-refractivity contribution in [2.75, 3.05) is 19.8 Å². The van der Waals surface area contributed by atoms with E-state index >= 15 is 0 Å². The number of rotatable bonds is 5. The average Bonchev–Trinajstić information content (AvgIpc) is 3.14. The van der Waals surface area contributed by atoms with Gasteiger partial charge in [-0.25, -0.2) is 4.79 Å². The van der Waals surface area contributed by atoms with Crippen molar-refractivity contribution in [2.24, 2.45) is 5.92 Å². The van der Waals surface area contributed by atoms with Crippen molar-refractivity contribution < 1.29 is 28.7 Å². The molecule has 8 nitrogen and oxygen atoms in total. The second-order valence-electron chi connectivity index (χ2n) is 5.76. The summed E-state index contributed by atoms with van der Waals surface area (Å²) in [7, 11) is 0. The predicted octanol–water partition coefficient (Wildman–Crippen LogP) is 0.593. The van der Waals surface area contributed by atoms with E-state index in [1.54, 1.807) is 11.8 Å². The normalized spacial score (nSPS) is 21.3. The SMILES string of the molecule is CCOC(=O)NC(=O)COC(=O)[C@H]1CC(=O)N(C2CCCC2)C1. The molecule has 2 aliphatic rings. The Morgan fingerprint density at radius 3 is 2.57 bits per heavy atom. The second-order valence-corrected chi connectivity index (χ2v) is 5.76. The van der Waals surface area contributed by atoms with E-state index in [4.69, 9.17) is 4.74 Å². The maximum absolute atomic E-state index is 12.0. The number of amides is 3. The molecule has 1 heterocycles. The molecule has 1 aliphatic heterocycles. The Morgan fingerprint density at radius 2 is 1.91 bits per heavy atom. The van der Waals surface area contributed by atoms with Gasteiger partial charge in [-0.2, -0.15) is 0 Å². The number of hydrogen-bond donors (Lipinski definition) is 1. The van der Waals surface area contributed by atoms with Crippen LogP contribution >= 0.6 is 0 Å². The quantitative estimate of drug-likeness (QED) is 0.742.